The number of rotatable bonds is 3. The summed E-state index contributed by atoms with van der Waals surface area (Å²) in [4.78, 5) is 25.9. The molecule has 0 spiro atoms. The number of hydrogen-bond acceptors (Lipinski definition) is 4. The minimum Gasteiger partial charge on any atom is -0.507 e. The molecule has 0 unspecified atom stereocenters. The predicted molar refractivity (Wildman–Crippen MR) is 97.4 cm³/mol. The topological polar surface area (TPSA) is 69.6 Å². The van der Waals surface area contributed by atoms with Gasteiger partial charge in [-0.05, 0) is 29.3 Å². The molecule has 0 atom stereocenters. The van der Waals surface area contributed by atoms with Crippen molar-refractivity contribution in [1.82, 2.24) is 10.2 Å². The second-order valence-electron chi connectivity index (χ2n) is 6.52. The molecule has 0 radical (unpaired) electrons. The molecule has 126 valence electrons. The van der Waals surface area contributed by atoms with Crippen molar-refractivity contribution < 1.29 is 14.7 Å². The fourth-order valence-corrected chi connectivity index (χ4v) is 2.68. The van der Waals surface area contributed by atoms with E-state index < -0.39 is 11.8 Å². The highest BCUT2D eigenvalue weighted by Gasteiger charge is 2.33. The van der Waals surface area contributed by atoms with Crippen LogP contribution in [-0.2, 0) is 15.0 Å². The smallest absolute Gasteiger partial charge is 0.265 e. The number of hydrogen-bond donors (Lipinski definition) is 2. The van der Waals surface area contributed by atoms with Gasteiger partial charge in [-0.25, -0.2) is 0 Å². The number of phenolic OH excluding ortho intramolecular Hbond substituents is 1. The molecule has 0 aromatic heterocycles. The first-order valence-electron chi connectivity index (χ1n) is 7.49. The Labute approximate surface area is 146 Å². The van der Waals surface area contributed by atoms with E-state index in [1.54, 1.807) is 12.1 Å². The van der Waals surface area contributed by atoms with Crippen molar-refractivity contribution in [2.24, 2.45) is 0 Å². The molecule has 1 fully saturated rings. The van der Waals surface area contributed by atoms with E-state index in [-0.39, 0.29) is 28.4 Å². The third-order valence-corrected chi connectivity index (χ3v) is 4.00. The van der Waals surface area contributed by atoms with Gasteiger partial charge in [-0.2, -0.15) is 0 Å². The Hall–Kier alpha value is -2.47. The maximum absolute atomic E-state index is 12.5. The highest BCUT2D eigenvalue weighted by molar-refractivity contribution is 7.80. The third-order valence-electron chi connectivity index (χ3n) is 3.67. The van der Waals surface area contributed by atoms with E-state index in [0.717, 1.165) is 5.56 Å². The van der Waals surface area contributed by atoms with E-state index in [9.17, 15) is 14.7 Å². The van der Waals surface area contributed by atoms with Crippen LogP contribution in [0.5, 0.6) is 5.75 Å². The molecule has 0 bridgehead atoms. The quantitative estimate of drug-likeness (QED) is 0.383. The van der Waals surface area contributed by atoms with Gasteiger partial charge in [-0.15, -0.1) is 6.58 Å². The number of carbonyl (C=O) groups is 2. The largest absolute Gasteiger partial charge is 0.507 e. The third kappa shape index (κ3) is 3.38. The number of carbonyl (C=O) groups excluding carboxylic acids is 2. The molecule has 6 heteroatoms. The number of nitrogens with zero attached hydrogens (tertiary/aromatic N) is 1. The summed E-state index contributed by atoms with van der Waals surface area (Å²) in [5, 5.41) is 13.0. The minimum absolute atomic E-state index is 0.0507. The number of benzene rings is 1. The molecule has 1 aliphatic heterocycles. The van der Waals surface area contributed by atoms with Crippen LogP contribution in [0.3, 0.4) is 0 Å². The summed E-state index contributed by atoms with van der Waals surface area (Å²) in [5.41, 5.74) is 0.798. The summed E-state index contributed by atoms with van der Waals surface area (Å²) in [7, 11) is 0. The summed E-state index contributed by atoms with van der Waals surface area (Å²) < 4.78 is 0. The molecule has 2 amide bonds. The molecule has 24 heavy (non-hydrogen) atoms. The molecule has 2 N–H and O–H groups in total. The lowest BCUT2D eigenvalue weighted by molar-refractivity contribution is -0.128. The molecule has 1 aromatic carbocycles. The van der Waals surface area contributed by atoms with Gasteiger partial charge in [0.25, 0.3) is 11.8 Å². The molecule has 1 aromatic rings. The van der Waals surface area contributed by atoms with Crippen LogP contribution in [0.4, 0.5) is 0 Å². The van der Waals surface area contributed by atoms with Crippen LogP contribution in [0.2, 0.25) is 0 Å². The van der Waals surface area contributed by atoms with Crippen LogP contribution in [0.25, 0.3) is 6.08 Å². The first-order chi connectivity index (χ1) is 11.2. The van der Waals surface area contributed by atoms with Crippen LogP contribution >= 0.6 is 12.2 Å². The van der Waals surface area contributed by atoms with E-state index in [1.165, 1.54) is 17.1 Å². The Bertz CT molecular complexity index is 760. The number of thiocarbonyl (C=S) groups is 1. The van der Waals surface area contributed by atoms with E-state index in [4.69, 9.17) is 12.2 Å². The van der Waals surface area contributed by atoms with Crippen molar-refractivity contribution in [2.75, 3.05) is 6.54 Å². The summed E-state index contributed by atoms with van der Waals surface area (Å²) in [5.74, 6) is -1.03. The van der Waals surface area contributed by atoms with Gasteiger partial charge >= 0.3 is 0 Å². The van der Waals surface area contributed by atoms with Gasteiger partial charge < -0.3 is 5.11 Å². The van der Waals surface area contributed by atoms with Crippen LogP contribution in [0, 0.1) is 0 Å². The number of phenols is 1. The van der Waals surface area contributed by atoms with Gasteiger partial charge in [0.2, 0.25) is 0 Å². The zero-order valence-corrected chi connectivity index (χ0v) is 14.7. The molecule has 2 rings (SSSR count). The lowest BCUT2D eigenvalue weighted by atomic mass is 9.85. The molecular formula is C18H20N2O3S. The molecule has 5 nitrogen and oxygen atoms in total. The molecule has 1 saturated heterocycles. The lowest BCUT2D eigenvalue weighted by Gasteiger charge is -2.28. The molecule has 1 heterocycles. The summed E-state index contributed by atoms with van der Waals surface area (Å²) in [6.45, 7) is 9.70. The number of aromatic hydroxyl groups is 1. The molecule has 1 aliphatic rings. The zero-order chi connectivity index (χ0) is 18.1. The number of nitrogens with one attached hydrogen (secondary N) is 1. The van der Waals surface area contributed by atoms with Crippen molar-refractivity contribution >= 4 is 35.2 Å². The first kappa shape index (κ1) is 17.9. The molecular weight excluding hydrogens is 324 g/mol. The second-order valence-corrected chi connectivity index (χ2v) is 6.90. The predicted octanol–water partition coefficient (Wildman–Crippen LogP) is 2.50. The highest BCUT2D eigenvalue weighted by Crippen LogP contribution is 2.34. The van der Waals surface area contributed by atoms with E-state index >= 15 is 0 Å². The van der Waals surface area contributed by atoms with E-state index in [1.807, 2.05) is 26.8 Å². The van der Waals surface area contributed by atoms with Crippen LogP contribution in [0.1, 0.15) is 31.9 Å². The fraction of sp³-hybridized carbons (Fsp3) is 0.278. The molecule has 0 saturated carbocycles. The maximum Gasteiger partial charge on any atom is 0.265 e. The first-order valence-corrected chi connectivity index (χ1v) is 7.90. The zero-order valence-electron chi connectivity index (χ0n) is 13.9. The molecule has 0 aliphatic carbocycles. The Morgan fingerprint density at radius 1 is 1.33 bits per heavy atom. The standard InChI is InChI=1S/C18H20N2O3S/c1-5-9-20-16(23)12(15(22)19-17(20)24)10-11-7-6-8-13(14(11)21)18(2,3)4/h5-8,10,21H,1,9H2,2-4H3,(H,19,22,24)/b12-10+. The SMILES string of the molecule is C=CCN1C(=O)/C(=C/c2cccc(C(C)(C)C)c2O)C(=O)NC1=S. The van der Waals surface area contributed by atoms with Crippen LogP contribution in [0.15, 0.2) is 36.4 Å². The number of para-hydroxylation sites is 1. The van der Waals surface area contributed by atoms with Gasteiger partial charge in [0, 0.05) is 12.1 Å². The van der Waals surface area contributed by atoms with Gasteiger partial charge in [0.1, 0.15) is 11.3 Å². The average Bonchev–Trinajstić information content (AvgIpc) is 2.48. The minimum atomic E-state index is -0.578. The summed E-state index contributed by atoms with van der Waals surface area (Å²) in [6.07, 6.45) is 2.91. The van der Waals surface area contributed by atoms with Crippen molar-refractivity contribution in [1.29, 1.82) is 0 Å². The second kappa shape index (κ2) is 6.57. The van der Waals surface area contributed by atoms with Crippen molar-refractivity contribution in [3.05, 3.63) is 47.6 Å². The van der Waals surface area contributed by atoms with E-state index in [2.05, 4.69) is 11.9 Å². The Kier molecular flexibility index (Phi) is 4.89. The van der Waals surface area contributed by atoms with E-state index in [0.29, 0.717) is 5.56 Å². The Morgan fingerprint density at radius 2 is 2.00 bits per heavy atom. The average molecular weight is 344 g/mol. The number of amides is 2. The van der Waals surface area contributed by atoms with Crippen LogP contribution in [-0.4, -0.2) is 33.5 Å². The van der Waals surface area contributed by atoms with Gasteiger partial charge in [-0.3, -0.25) is 19.8 Å². The normalized spacial score (nSPS) is 17.2. The van der Waals surface area contributed by atoms with Gasteiger partial charge in [0.05, 0.1) is 0 Å². The summed E-state index contributed by atoms with van der Waals surface area (Å²) in [6, 6.07) is 5.26. The van der Waals surface area contributed by atoms with Gasteiger partial charge in [0.15, 0.2) is 5.11 Å². The van der Waals surface area contributed by atoms with Crippen molar-refractivity contribution in [2.45, 2.75) is 26.2 Å². The van der Waals surface area contributed by atoms with Crippen LogP contribution < -0.4 is 5.32 Å². The monoisotopic (exact) mass is 344 g/mol. The van der Waals surface area contributed by atoms with Crippen molar-refractivity contribution in [3.63, 3.8) is 0 Å². The Morgan fingerprint density at radius 3 is 2.58 bits per heavy atom. The summed E-state index contributed by atoms with van der Waals surface area (Å²) >= 11 is 5.01. The Balaban J connectivity index is 2.50. The lowest BCUT2D eigenvalue weighted by Crippen LogP contribution is -2.53. The highest BCUT2D eigenvalue weighted by atomic mass is 32.1. The fourth-order valence-electron chi connectivity index (χ4n) is 2.43. The maximum atomic E-state index is 12.5. The van der Waals surface area contributed by atoms with Gasteiger partial charge in [-0.1, -0.05) is 45.0 Å². The van der Waals surface area contributed by atoms with Crippen molar-refractivity contribution in [3.8, 4) is 5.75 Å².